The van der Waals surface area contributed by atoms with Crippen LogP contribution in [0.5, 0.6) is 0 Å². The fourth-order valence-corrected chi connectivity index (χ4v) is 4.64. The molecule has 3 heterocycles. The van der Waals surface area contributed by atoms with Crippen molar-refractivity contribution in [1.82, 2.24) is 20.0 Å². The first-order valence-corrected chi connectivity index (χ1v) is 9.56. The zero-order valence-electron chi connectivity index (χ0n) is 15.7. The molecule has 6 nitrogen and oxygen atoms in total. The SMILES string of the molecule is CN1CCC2(CC1)CN(C(=O)CC1NC(=O)c3ccccc31)CCN2C. The molecule has 4 rings (SSSR count). The molecule has 1 atom stereocenters. The van der Waals surface area contributed by atoms with E-state index in [1.165, 1.54) is 0 Å². The number of benzene rings is 1. The van der Waals surface area contributed by atoms with E-state index in [9.17, 15) is 9.59 Å². The zero-order chi connectivity index (χ0) is 18.3. The maximum atomic E-state index is 13.0. The van der Waals surface area contributed by atoms with Gasteiger partial charge in [0.1, 0.15) is 0 Å². The number of hydrogen-bond acceptors (Lipinski definition) is 4. The van der Waals surface area contributed by atoms with E-state index in [1.54, 1.807) is 0 Å². The minimum absolute atomic E-state index is 0.0661. The third-order valence-corrected chi connectivity index (χ3v) is 6.54. The van der Waals surface area contributed by atoms with Crippen LogP contribution < -0.4 is 5.32 Å². The summed E-state index contributed by atoms with van der Waals surface area (Å²) < 4.78 is 0. The first-order valence-electron chi connectivity index (χ1n) is 9.56. The van der Waals surface area contributed by atoms with Crippen LogP contribution in [0.1, 0.15) is 41.2 Å². The molecule has 3 aliphatic rings. The van der Waals surface area contributed by atoms with E-state index >= 15 is 0 Å². The number of hydrogen-bond donors (Lipinski definition) is 1. The van der Waals surface area contributed by atoms with Gasteiger partial charge in [0.25, 0.3) is 5.91 Å². The topological polar surface area (TPSA) is 55.9 Å². The molecule has 0 radical (unpaired) electrons. The number of fused-ring (bicyclic) bond motifs is 1. The predicted octanol–water partition coefficient (Wildman–Crippen LogP) is 1.10. The van der Waals surface area contributed by atoms with Crippen LogP contribution >= 0.6 is 0 Å². The van der Waals surface area contributed by atoms with E-state index in [4.69, 9.17) is 0 Å². The maximum Gasteiger partial charge on any atom is 0.252 e. The van der Waals surface area contributed by atoms with Gasteiger partial charge in [-0.05, 0) is 51.7 Å². The van der Waals surface area contributed by atoms with Crippen molar-refractivity contribution in [3.8, 4) is 0 Å². The Balaban J connectivity index is 1.45. The number of nitrogens with zero attached hydrogens (tertiary/aromatic N) is 3. The summed E-state index contributed by atoms with van der Waals surface area (Å²) in [5.41, 5.74) is 1.77. The van der Waals surface area contributed by atoms with Gasteiger partial charge in [-0.3, -0.25) is 14.5 Å². The molecule has 1 unspecified atom stereocenters. The zero-order valence-corrected chi connectivity index (χ0v) is 15.7. The van der Waals surface area contributed by atoms with Crippen molar-refractivity contribution >= 4 is 11.8 Å². The number of rotatable bonds is 2. The molecule has 0 aliphatic carbocycles. The maximum absolute atomic E-state index is 13.0. The van der Waals surface area contributed by atoms with Crippen LogP contribution in [-0.4, -0.2) is 78.9 Å². The van der Waals surface area contributed by atoms with Gasteiger partial charge < -0.3 is 15.1 Å². The minimum atomic E-state index is -0.195. The lowest BCUT2D eigenvalue weighted by Gasteiger charge is -2.52. The summed E-state index contributed by atoms with van der Waals surface area (Å²) in [4.78, 5) is 32.0. The number of likely N-dealkylation sites (tertiary alicyclic amines) is 1. The summed E-state index contributed by atoms with van der Waals surface area (Å²) in [6, 6.07) is 7.39. The van der Waals surface area contributed by atoms with Crippen LogP contribution in [0, 0.1) is 0 Å². The minimum Gasteiger partial charge on any atom is -0.345 e. The Labute approximate surface area is 155 Å². The van der Waals surface area contributed by atoms with E-state index in [0.717, 1.165) is 51.1 Å². The number of carbonyl (C=O) groups excluding carboxylic acids is 2. The number of nitrogens with one attached hydrogen (secondary N) is 1. The molecule has 0 bridgehead atoms. The van der Waals surface area contributed by atoms with Crippen LogP contribution in [0.2, 0.25) is 0 Å². The average molecular weight is 356 g/mol. The second-order valence-electron chi connectivity index (χ2n) is 8.08. The Kier molecular flexibility index (Phi) is 4.49. The molecule has 6 heteroatoms. The first kappa shape index (κ1) is 17.5. The smallest absolute Gasteiger partial charge is 0.252 e. The van der Waals surface area contributed by atoms with Crippen molar-refractivity contribution in [3.63, 3.8) is 0 Å². The van der Waals surface area contributed by atoms with Crippen molar-refractivity contribution < 1.29 is 9.59 Å². The summed E-state index contributed by atoms with van der Waals surface area (Å²) in [6.07, 6.45) is 2.56. The molecule has 0 aromatic heterocycles. The van der Waals surface area contributed by atoms with Crippen molar-refractivity contribution in [2.24, 2.45) is 0 Å². The van der Waals surface area contributed by atoms with Gasteiger partial charge in [0.15, 0.2) is 0 Å². The number of likely N-dealkylation sites (N-methyl/N-ethyl adjacent to an activating group) is 1. The number of amides is 2. The van der Waals surface area contributed by atoms with Crippen LogP contribution in [0.15, 0.2) is 24.3 Å². The van der Waals surface area contributed by atoms with Crippen LogP contribution in [0.4, 0.5) is 0 Å². The van der Waals surface area contributed by atoms with Crippen LogP contribution in [0.25, 0.3) is 0 Å². The Morgan fingerprint density at radius 1 is 1.15 bits per heavy atom. The Morgan fingerprint density at radius 3 is 2.65 bits per heavy atom. The highest BCUT2D eigenvalue weighted by Gasteiger charge is 2.43. The highest BCUT2D eigenvalue weighted by Crippen LogP contribution is 2.33. The van der Waals surface area contributed by atoms with Crippen LogP contribution in [-0.2, 0) is 4.79 Å². The molecule has 140 valence electrons. The Hall–Kier alpha value is -1.92. The molecule has 1 aromatic carbocycles. The summed E-state index contributed by atoms with van der Waals surface area (Å²) >= 11 is 0. The number of piperazine rings is 1. The second kappa shape index (κ2) is 6.67. The molecule has 0 saturated carbocycles. The van der Waals surface area contributed by atoms with Gasteiger partial charge in [-0.15, -0.1) is 0 Å². The average Bonchev–Trinajstić information content (AvgIpc) is 2.96. The molecule has 1 spiro atoms. The van der Waals surface area contributed by atoms with Crippen molar-refractivity contribution in [3.05, 3.63) is 35.4 Å². The van der Waals surface area contributed by atoms with E-state index in [2.05, 4.69) is 29.2 Å². The summed E-state index contributed by atoms with van der Waals surface area (Å²) in [5.74, 6) is 0.0852. The third kappa shape index (κ3) is 3.01. The van der Waals surface area contributed by atoms with Crippen molar-refractivity contribution in [1.29, 1.82) is 0 Å². The lowest BCUT2D eigenvalue weighted by Crippen LogP contribution is -2.65. The Bertz CT molecular complexity index is 712. The molecular formula is C20H28N4O2. The highest BCUT2D eigenvalue weighted by atomic mass is 16.2. The molecule has 2 saturated heterocycles. The number of piperidine rings is 1. The lowest BCUT2D eigenvalue weighted by atomic mass is 9.83. The fourth-order valence-electron chi connectivity index (χ4n) is 4.64. The summed E-state index contributed by atoms with van der Waals surface area (Å²) in [7, 11) is 4.36. The summed E-state index contributed by atoms with van der Waals surface area (Å²) in [6.45, 7) is 4.66. The Morgan fingerprint density at radius 2 is 1.88 bits per heavy atom. The molecule has 2 fully saturated rings. The first-order chi connectivity index (χ1) is 12.5. The van der Waals surface area contributed by atoms with Crippen molar-refractivity contribution in [2.75, 3.05) is 46.8 Å². The van der Waals surface area contributed by atoms with Crippen molar-refractivity contribution in [2.45, 2.75) is 30.8 Å². The van der Waals surface area contributed by atoms with Crippen LogP contribution in [0.3, 0.4) is 0 Å². The molecule has 1 N–H and O–H groups in total. The van der Waals surface area contributed by atoms with Gasteiger partial charge in [-0.2, -0.15) is 0 Å². The lowest BCUT2D eigenvalue weighted by molar-refractivity contribution is -0.138. The van der Waals surface area contributed by atoms with Gasteiger partial charge in [0.05, 0.1) is 12.5 Å². The van der Waals surface area contributed by atoms with E-state index in [-0.39, 0.29) is 23.4 Å². The molecule has 3 aliphatic heterocycles. The van der Waals surface area contributed by atoms with Gasteiger partial charge >= 0.3 is 0 Å². The molecule has 1 aromatic rings. The summed E-state index contributed by atoms with van der Waals surface area (Å²) in [5, 5.41) is 2.97. The largest absolute Gasteiger partial charge is 0.345 e. The van der Waals surface area contributed by atoms with Gasteiger partial charge in [-0.25, -0.2) is 0 Å². The predicted molar refractivity (Wildman–Crippen MR) is 99.9 cm³/mol. The van der Waals surface area contributed by atoms with E-state index in [1.807, 2.05) is 29.2 Å². The highest BCUT2D eigenvalue weighted by molar-refractivity contribution is 5.99. The molecule has 2 amide bonds. The van der Waals surface area contributed by atoms with Gasteiger partial charge in [0.2, 0.25) is 5.91 Å². The van der Waals surface area contributed by atoms with Gasteiger partial charge in [0, 0.05) is 30.7 Å². The van der Waals surface area contributed by atoms with E-state index < -0.39 is 0 Å². The monoisotopic (exact) mass is 356 g/mol. The standard InChI is InChI=1S/C20H28N4O2/c1-22-9-7-20(8-10-22)14-24(12-11-23(20)2)18(25)13-17-15-5-3-4-6-16(15)19(26)21-17/h3-6,17H,7-14H2,1-2H3,(H,21,26). The number of carbonyl (C=O) groups is 2. The molecular weight excluding hydrogens is 328 g/mol. The normalized spacial score (nSPS) is 26.0. The fraction of sp³-hybridized carbons (Fsp3) is 0.600. The quantitative estimate of drug-likeness (QED) is 0.862. The van der Waals surface area contributed by atoms with E-state index in [0.29, 0.717) is 12.0 Å². The second-order valence-corrected chi connectivity index (χ2v) is 8.08. The third-order valence-electron chi connectivity index (χ3n) is 6.54. The molecule has 26 heavy (non-hydrogen) atoms. The van der Waals surface area contributed by atoms with Gasteiger partial charge in [-0.1, -0.05) is 18.2 Å².